The number of oxime groups is 1. The molecule has 1 unspecified atom stereocenters. The molecule has 0 aromatic carbocycles. The molecule has 0 saturated carbocycles. The van der Waals surface area contributed by atoms with E-state index in [1.54, 1.807) is 0 Å². The fourth-order valence-corrected chi connectivity index (χ4v) is 1.65. The van der Waals surface area contributed by atoms with Gasteiger partial charge in [0.15, 0.2) is 5.84 Å². The number of amidine groups is 1. The molecule has 0 fully saturated rings. The molecule has 4 N–H and O–H groups in total. The van der Waals surface area contributed by atoms with Gasteiger partial charge >= 0.3 is 0 Å². The van der Waals surface area contributed by atoms with E-state index in [-0.39, 0.29) is 16.8 Å². The first-order valence-electron chi connectivity index (χ1n) is 5.48. The Kier molecular flexibility index (Phi) is 5.38. The molecule has 0 spiro atoms. The van der Waals surface area contributed by atoms with Gasteiger partial charge in [-0.1, -0.05) is 30.1 Å². The van der Waals surface area contributed by atoms with E-state index in [2.05, 4.69) is 15.5 Å². The second-order valence-corrected chi connectivity index (χ2v) is 4.10. The van der Waals surface area contributed by atoms with Gasteiger partial charge in [0.2, 0.25) is 0 Å². The Bertz CT molecular complexity index is 450. The summed E-state index contributed by atoms with van der Waals surface area (Å²) in [4.78, 5) is 15.7. The third-order valence-electron chi connectivity index (χ3n) is 2.37. The number of carbonyl (C=O) groups is 1. The first kappa shape index (κ1) is 14.2. The maximum atomic E-state index is 12.0. The predicted molar refractivity (Wildman–Crippen MR) is 68.8 cm³/mol. The van der Waals surface area contributed by atoms with Crippen LogP contribution in [0.4, 0.5) is 0 Å². The minimum absolute atomic E-state index is 0.0321. The number of nitrogens with one attached hydrogen (secondary N) is 1. The molecule has 98 valence electrons. The van der Waals surface area contributed by atoms with Crippen molar-refractivity contribution in [1.29, 1.82) is 0 Å². The van der Waals surface area contributed by atoms with Crippen molar-refractivity contribution in [2.75, 3.05) is 0 Å². The van der Waals surface area contributed by atoms with Gasteiger partial charge in [0.25, 0.3) is 5.91 Å². The van der Waals surface area contributed by atoms with Crippen LogP contribution in [0.2, 0.25) is 5.02 Å². The maximum Gasteiger partial charge on any atom is 0.253 e. The molecule has 1 rings (SSSR count). The molecule has 1 aromatic rings. The summed E-state index contributed by atoms with van der Waals surface area (Å²) in [7, 11) is 0. The lowest BCUT2D eigenvalue weighted by molar-refractivity contribution is 0.0945. The highest BCUT2D eigenvalue weighted by Gasteiger charge is 2.18. The smallest absolute Gasteiger partial charge is 0.253 e. The van der Waals surface area contributed by atoms with E-state index in [1.165, 1.54) is 18.5 Å². The molecular weight excluding hydrogens is 256 g/mol. The Morgan fingerprint density at radius 3 is 3.00 bits per heavy atom. The molecule has 7 heteroatoms. The lowest BCUT2D eigenvalue weighted by Crippen LogP contribution is -2.44. The van der Waals surface area contributed by atoms with Crippen LogP contribution >= 0.6 is 11.6 Å². The monoisotopic (exact) mass is 270 g/mol. The van der Waals surface area contributed by atoms with Gasteiger partial charge in [-0.2, -0.15) is 0 Å². The minimum atomic E-state index is -0.517. The van der Waals surface area contributed by atoms with Crippen LogP contribution in [0.1, 0.15) is 30.1 Å². The number of carbonyl (C=O) groups excluding carboxylic acids is 1. The van der Waals surface area contributed by atoms with Gasteiger partial charge in [-0.3, -0.25) is 9.78 Å². The van der Waals surface area contributed by atoms with Crippen molar-refractivity contribution in [2.45, 2.75) is 25.8 Å². The van der Waals surface area contributed by atoms with Crippen LogP contribution in [-0.2, 0) is 0 Å². The molecule has 1 atom stereocenters. The van der Waals surface area contributed by atoms with Gasteiger partial charge in [0.05, 0.1) is 16.6 Å². The van der Waals surface area contributed by atoms with Crippen LogP contribution in [0, 0.1) is 0 Å². The van der Waals surface area contributed by atoms with Gasteiger partial charge in [0, 0.05) is 12.4 Å². The second kappa shape index (κ2) is 6.80. The predicted octanol–water partition coefficient (Wildman–Crippen LogP) is 1.38. The molecule has 18 heavy (non-hydrogen) atoms. The van der Waals surface area contributed by atoms with E-state index in [1.807, 2.05) is 6.92 Å². The molecule has 0 radical (unpaired) electrons. The lowest BCUT2D eigenvalue weighted by atomic mass is 10.1. The Morgan fingerprint density at radius 2 is 2.44 bits per heavy atom. The molecule has 1 aromatic heterocycles. The molecule has 6 nitrogen and oxygen atoms in total. The average Bonchev–Trinajstić information content (AvgIpc) is 2.37. The third kappa shape index (κ3) is 3.59. The zero-order chi connectivity index (χ0) is 13.5. The van der Waals surface area contributed by atoms with E-state index in [0.29, 0.717) is 12.0 Å². The second-order valence-electron chi connectivity index (χ2n) is 3.70. The molecule has 1 amide bonds. The molecule has 0 aliphatic rings. The lowest BCUT2D eigenvalue weighted by Gasteiger charge is -2.16. The first-order chi connectivity index (χ1) is 8.60. The van der Waals surface area contributed by atoms with E-state index in [0.717, 1.165) is 6.42 Å². The van der Waals surface area contributed by atoms with Crippen LogP contribution in [0.3, 0.4) is 0 Å². The van der Waals surface area contributed by atoms with Crippen molar-refractivity contribution in [2.24, 2.45) is 10.9 Å². The number of rotatable bonds is 5. The zero-order valence-electron chi connectivity index (χ0n) is 9.93. The highest BCUT2D eigenvalue weighted by Crippen LogP contribution is 2.13. The van der Waals surface area contributed by atoms with Crippen molar-refractivity contribution in [3.05, 3.63) is 29.0 Å². The van der Waals surface area contributed by atoms with Crippen molar-refractivity contribution in [1.82, 2.24) is 10.3 Å². The number of nitrogens with two attached hydrogens (primary N) is 1. The van der Waals surface area contributed by atoms with E-state index in [4.69, 9.17) is 22.5 Å². The molecule has 0 bridgehead atoms. The fraction of sp³-hybridized carbons (Fsp3) is 0.364. The van der Waals surface area contributed by atoms with Crippen LogP contribution in [0.15, 0.2) is 23.6 Å². The summed E-state index contributed by atoms with van der Waals surface area (Å²) in [5.41, 5.74) is 5.81. The number of aromatic nitrogens is 1. The Morgan fingerprint density at radius 1 is 1.72 bits per heavy atom. The summed E-state index contributed by atoms with van der Waals surface area (Å²) < 4.78 is 0. The highest BCUT2D eigenvalue weighted by atomic mass is 35.5. The van der Waals surface area contributed by atoms with Gasteiger partial charge in [0.1, 0.15) is 0 Å². The van der Waals surface area contributed by atoms with Crippen molar-refractivity contribution < 1.29 is 10.0 Å². The van der Waals surface area contributed by atoms with Gasteiger partial charge in [-0.05, 0) is 12.5 Å². The summed E-state index contributed by atoms with van der Waals surface area (Å²) in [5, 5.41) is 14.5. The number of nitrogens with zero attached hydrogens (tertiary/aromatic N) is 2. The standard InChI is InChI=1S/C11H15ClN4O2/c1-2-3-9(10(13)16-18)15-11(17)7-4-5-14-6-8(7)12/h4-6,9,18H,2-3H2,1H3,(H2,13,16)(H,15,17). The molecule has 1 heterocycles. The number of halogens is 1. The number of pyridine rings is 1. The van der Waals surface area contributed by atoms with Crippen molar-refractivity contribution in [3.63, 3.8) is 0 Å². The van der Waals surface area contributed by atoms with E-state index < -0.39 is 6.04 Å². The fourth-order valence-electron chi connectivity index (χ4n) is 1.45. The highest BCUT2D eigenvalue weighted by molar-refractivity contribution is 6.33. The summed E-state index contributed by atoms with van der Waals surface area (Å²) in [5.74, 6) is -0.414. The van der Waals surface area contributed by atoms with E-state index in [9.17, 15) is 4.79 Å². The van der Waals surface area contributed by atoms with Crippen molar-refractivity contribution >= 4 is 23.3 Å². The van der Waals surface area contributed by atoms with Gasteiger partial charge < -0.3 is 16.3 Å². The number of amides is 1. The van der Waals surface area contributed by atoms with Crippen LogP contribution in [0.5, 0.6) is 0 Å². The molecular formula is C11H15ClN4O2. The normalized spacial score (nSPS) is 13.1. The number of hydrogen-bond acceptors (Lipinski definition) is 4. The molecule has 0 aliphatic carbocycles. The minimum Gasteiger partial charge on any atom is -0.409 e. The summed E-state index contributed by atoms with van der Waals surface area (Å²) >= 11 is 5.86. The maximum absolute atomic E-state index is 12.0. The third-order valence-corrected chi connectivity index (χ3v) is 2.67. The number of hydrogen-bond donors (Lipinski definition) is 3. The average molecular weight is 271 g/mol. The quantitative estimate of drug-likeness (QED) is 0.326. The largest absolute Gasteiger partial charge is 0.409 e. The summed E-state index contributed by atoms with van der Waals surface area (Å²) in [6, 6.07) is 0.990. The zero-order valence-corrected chi connectivity index (χ0v) is 10.7. The Labute approximate surface area is 110 Å². The summed E-state index contributed by atoms with van der Waals surface area (Å²) in [6.45, 7) is 1.93. The van der Waals surface area contributed by atoms with Crippen LogP contribution in [0.25, 0.3) is 0 Å². The Balaban J connectivity index is 2.82. The molecule has 0 aliphatic heterocycles. The SMILES string of the molecule is CCCC(NC(=O)c1ccncc1Cl)C(N)=NO. The van der Waals surface area contributed by atoms with Crippen molar-refractivity contribution in [3.8, 4) is 0 Å². The Hall–Kier alpha value is -1.82. The van der Waals surface area contributed by atoms with Crippen LogP contribution < -0.4 is 11.1 Å². The van der Waals surface area contributed by atoms with E-state index >= 15 is 0 Å². The van der Waals surface area contributed by atoms with Crippen LogP contribution in [-0.4, -0.2) is 28.0 Å². The topological polar surface area (TPSA) is 101 Å². The van der Waals surface area contributed by atoms with Gasteiger partial charge in [-0.15, -0.1) is 0 Å². The summed E-state index contributed by atoms with van der Waals surface area (Å²) in [6.07, 6.45) is 4.21. The molecule has 0 saturated heterocycles. The van der Waals surface area contributed by atoms with Gasteiger partial charge in [-0.25, -0.2) is 0 Å². The first-order valence-corrected chi connectivity index (χ1v) is 5.85.